The molecule has 0 spiro atoms. The Hall–Kier alpha value is -1.92. The van der Waals surface area contributed by atoms with Crippen molar-refractivity contribution in [3.05, 3.63) is 52.2 Å². The first-order valence-electron chi connectivity index (χ1n) is 8.71. The molecule has 0 saturated carbocycles. The molecule has 134 valence electrons. The molecule has 1 aliphatic rings. The highest BCUT2D eigenvalue weighted by atomic mass is 32.2. The Morgan fingerprint density at radius 2 is 2.12 bits per heavy atom. The summed E-state index contributed by atoms with van der Waals surface area (Å²) in [6, 6.07) is 7.57. The maximum atomic E-state index is 11.5. The number of methoxy groups -OCH3 is 1. The summed E-state index contributed by atoms with van der Waals surface area (Å²) in [5.41, 5.74) is 3.20. The summed E-state index contributed by atoms with van der Waals surface area (Å²) in [6.45, 7) is 2.33. The van der Waals surface area contributed by atoms with Gasteiger partial charge >= 0.3 is 5.97 Å². The molecule has 2 aromatic heterocycles. The van der Waals surface area contributed by atoms with E-state index in [9.17, 15) is 4.79 Å². The summed E-state index contributed by atoms with van der Waals surface area (Å²) in [5.74, 6) is 1.27. The van der Waals surface area contributed by atoms with E-state index in [-0.39, 0.29) is 5.97 Å². The van der Waals surface area contributed by atoms with Crippen LogP contribution in [0.2, 0.25) is 0 Å². The molecular formula is C20H20N2O2S2. The minimum atomic E-state index is -0.305. The number of fused-ring (bicyclic) bond motifs is 3. The predicted octanol–water partition coefficient (Wildman–Crippen LogP) is 4.90. The fraction of sp³-hybridized carbons (Fsp3) is 0.350. The van der Waals surface area contributed by atoms with Crippen LogP contribution in [-0.4, -0.2) is 23.0 Å². The van der Waals surface area contributed by atoms with Crippen molar-refractivity contribution in [2.24, 2.45) is 5.92 Å². The average Bonchev–Trinajstić information content (AvgIpc) is 3.04. The van der Waals surface area contributed by atoms with E-state index in [0.29, 0.717) is 5.56 Å². The van der Waals surface area contributed by atoms with Gasteiger partial charge in [0, 0.05) is 16.0 Å². The number of carbonyl (C=O) groups excluding carboxylic acids is 1. The lowest BCUT2D eigenvalue weighted by Crippen LogP contribution is -2.08. The normalized spacial score (nSPS) is 16.5. The molecule has 4 nitrogen and oxygen atoms in total. The number of benzene rings is 1. The molecular weight excluding hydrogens is 364 g/mol. The molecule has 1 aromatic carbocycles. The molecule has 0 N–H and O–H groups in total. The van der Waals surface area contributed by atoms with Crippen LogP contribution in [0.4, 0.5) is 0 Å². The maximum Gasteiger partial charge on any atom is 0.337 e. The second kappa shape index (κ2) is 7.37. The molecule has 1 aliphatic carbocycles. The molecule has 1 atom stereocenters. The third kappa shape index (κ3) is 3.35. The predicted molar refractivity (Wildman–Crippen MR) is 106 cm³/mol. The van der Waals surface area contributed by atoms with E-state index in [1.165, 1.54) is 29.4 Å². The highest BCUT2D eigenvalue weighted by Gasteiger charge is 2.23. The Morgan fingerprint density at radius 3 is 2.88 bits per heavy atom. The van der Waals surface area contributed by atoms with Gasteiger partial charge in [-0.25, -0.2) is 14.8 Å². The molecule has 0 aliphatic heterocycles. The van der Waals surface area contributed by atoms with Gasteiger partial charge in [-0.3, -0.25) is 0 Å². The minimum Gasteiger partial charge on any atom is -0.465 e. The fourth-order valence-corrected chi connectivity index (χ4v) is 5.76. The third-order valence-electron chi connectivity index (χ3n) is 4.81. The van der Waals surface area contributed by atoms with Gasteiger partial charge in [-0.05, 0) is 48.4 Å². The molecule has 2 heterocycles. The maximum absolute atomic E-state index is 11.5. The van der Waals surface area contributed by atoms with Gasteiger partial charge in [-0.1, -0.05) is 19.1 Å². The Morgan fingerprint density at radius 1 is 1.31 bits per heavy atom. The summed E-state index contributed by atoms with van der Waals surface area (Å²) in [6.07, 6.45) is 5.21. The molecule has 0 bridgehead atoms. The fourth-order valence-electron chi connectivity index (χ4n) is 3.36. The second-order valence-electron chi connectivity index (χ2n) is 6.69. The lowest BCUT2D eigenvalue weighted by molar-refractivity contribution is 0.0600. The van der Waals surface area contributed by atoms with E-state index in [1.54, 1.807) is 18.1 Å². The van der Waals surface area contributed by atoms with Crippen LogP contribution in [0.1, 0.15) is 39.7 Å². The van der Waals surface area contributed by atoms with Gasteiger partial charge in [0.05, 0.1) is 12.7 Å². The number of thioether (sulfide) groups is 1. The number of ether oxygens (including phenoxy) is 1. The van der Waals surface area contributed by atoms with Gasteiger partial charge in [0.2, 0.25) is 0 Å². The van der Waals surface area contributed by atoms with Crippen molar-refractivity contribution in [2.45, 2.75) is 37.0 Å². The number of hydrogen-bond donors (Lipinski definition) is 0. The zero-order chi connectivity index (χ0) is 18.1. The zero-order valence-corrected chi connectivity index (χ0v) is 16.5. The van der Waals surface area contributed by atoms with E-state index < -0.39 is 0 Å². The second-order valence-corrected chi connectivity index (χ2v) is 8.74. The number of aromatic nitrogens is 2. The largest absolute Gasteiger partial charge is 0.465 e. The average molecular weight is 385 g/mol. The van der Waals surface area contributed by atoms with E-state index in [2.05, 4.69) is 16.9 Å². The third-order valence-corrected chi connectivity index (χ3v) is 7.03. The van der Waals surface area contributed by atoms with Crippen molar-refractivity contribution in [3.8, 4) is 0 Å². The highest BCUT2D eigenvalue weighted by Crippen LogP contribution is 2.41. The topological polar surface area (TPSA) is 52.1 Å². The molecule has 0 amide bonds. The number of rotatable bonds is 4. The van der Waals surface area contributed by atoms with Crippen LogP contribution in [-0.2, 0) is 23.3 Å². The van der Waals surface area contributed by atoms with Crippen molar-refractivity contribution < 1.29 is 9.53 Å². The summed E-state index contributed by atoms with van der Waals surface area (Å²) < 4.78 is 4.75. The highest BCUT2D eigenvalue weighted by molar-refractivity contribution is 7.98. The van der Waals surface area contributed by atoms with Crippen molar-refractivity contribution in [1.29, 1.82) is 0 Å². The van der Waals surface area contributed by atoms with E-state index in [0.717, 1.165) is 39.9 Å². The van der Waals surface area contributed by atoms with Crippen LogP contribution in [0, 0.1) is 5.92 Å². The van der Waals surface area contributed by atoms with Crippen LogP contribution >= 0.6 is 23.1 Å². The number of thiophene rings is 1. The lowest BCUT2D eigenvalue weighted by atomic mass is 9.89. The Bertz CT molecular complexity index is 950. The number of carbonyl (C=O) groups is 1. The minimum absolute atomic E-state index is 0.305. The van der Waals surface area contributed by atoms with Crippen LogP contribution in [0.3, 0.4) is 0 Å². The van der Waals surface area contributed by atoms with Gasteiger partial charge in [0.25, 0.3) is 0 Å². The van der Waals surface area contributed by atoms with Crippen molar-refractivity contribution >= 4 is 39.3 Å². The van der Waals surface area contributed by atoms with Gasteiger partial charge in [0.15, 0.2) is 0 Å². The van der Waals surface area contributed by atoms with E-state index in [1.807, 2.05) is 35.6 Å². The molecule has 0 saturated heterocycles. The zero-order valence-electron chi connectivity index (χ0n) is 14.8. The van der Waals surface area contributed by atoms with Crippen molar-refractivity contribution in [3.63, 3.8) is 0 Å². The number of nitrogens with zero attached hydrogens (tertiary/aromatic N) is 2. The van der Waals surface area contributed by atoms with Crippen LogP contribution < -0.4 is 0 Å². The molecule has 4 rings (SSSR count). The SMILES string of the molecule is COC(=O)c1ccc(CSc2ncnc3sc4c(c23)CC[C@@H](C)C4)cc1. The van der Waals surface area contributed by atoms with Crippen molar-refractivity contribution in [1.82, 2.24) is 9.97 Å². The smallest absolute Gasteiger partial charge is 0.337 e. The Labute approximate surface area is 161 Å². The monoisotopic (exact) mass is 384 g/mol. The molecule has 0 fully saturated rings. The summed E-state index contributed by atoms with van der Waals surface area (Å²) >= 11 is 3.57. The molecule has 0 unspecified atom stereocenters. The first-order valence-corrected chi connectivity index (χ1v) is 10.5. The number of aryl methyl sites for hydroxylation is 1. The van der Waals surface area contributed by atoms with Crippen LogP contribution in [0.5, 0.6) is 0 Å². The summed E-state index contributed by atoms with van der Waals surface area (Å²) in [5, 5.41) is 2.33. The van der Waals surface area contributed by atoms with E-state index in [4.69, 9.17) is 4.74 Å². The summed E-state index contributed by atoms with van der Waals surface area (Å²) in [4.78, 5) is 23.2. The van der Waals surface area contributed by atoms with Crippen molar-refractivity contribution in [2.75, 3.05) is 7.11 Å². The summed E-state index contributed by atoms with van der Waals surface area (Å²) in [7, 11) is 1.40. The standard InChI is InChI=1S/C20H20N2O2S2/c1-12-3-8-15-16(9-12)26-19-17(15)18(21-11-22-19)25-10-13-4-6-14(7-5-13)20(23)24-2/h4-7,11-12H,3,8-10H2,1-2H3/t12-/m1/s1. The van der Waals surface area contributed by atoms with Gasteiger partial charge in [-0.2, -0.15) is 0 Å². The first-order chi connectivity index (χ1) is 12.7. The number of hydrogen-bond acceptors (Lipinski definition) is 6. The quantitative estimate of drug-likeness (QED) is 0.364. The van der Waals surface area contributed by atoms with Gasteiger partial charge in [0.1, 0.15) is 16.2 Å². The number of esters is 1. The lowest BCUT2D eigenvalue weighted by Gasteiger charge is -2.18. The first kappa shape index (κ1) is 17.5. The molecule has 3 aromatic rings. The molecule has 6 heteroatoms. The van der Waals surface area contributed by atoms with E-state index >= 15 is 0 Å². The van der Waals surface area contributed by atoms with Gasteiger partial charge < -0.3 is 4.74 Å². The van der Waals surface area contributed by atoms with Gasteiger partial charge in [-0.15, -0.1) is 23.1 Å². The van der Waals surface area contributed by atoms with Crippen LogP contribution in [0.25, 0.3) is 10.2 Å². The van der Waals surface area contributed by atoms with Crippen LogP contribution in [0.15, 0.2) is 35.6 Å². The Kier molecular flexibility index (Phi) is 4.96. The molecule has 26 heavy (non-hydrogen) atoms. The molecule has 0 radical (unpaired) electrons. The Balaban J connectivity index is 1.57.